The molecule has 3 aromatic heterocycles. The van der Waals surface area contributed by atoms with Crippen molar-refractivity contribution in [2.45, 2.75) is 6.92 Å². The van der Waals surface area contributed by atoms with E-state index >= 15 is 0 Å². The molecule has 15 heavy (non-hydrogen) atoms. The quantitative estimate of drug-likeness (QED) is 0.655. The molecule has 0 unspecified atom stereocenters. The summed E-state index contributed by atoms with van der Waals surface area (Å²) in [5.41, 5.74) is 1.63. The first-order chi connectivity index (χ1) is 7.33. The van der Waals surface area contributed by atoms with Crippen LogP contribution in [0.15, 0.2) is 34.9 Å². The van der Waals surface area contributed by atoms with E-state index in [1.165, 1.54) is 0 Å². The number of hydrogen-bond donors (Lipinski definition) is 1. The second kappa shape index (κ2) is 2.95. The van der Waals surface area contributed by atoms with E-state index in [0.717, 1.165) is 22.9 Å². The second-order valence-electron chi connectivity index (χ2n) is 3.37. The molecule has 0 saturated heterocycles. The smallest absolute Gasteiger partial charge is 0.178 e. The number of furan rings is 1. The van der Waals surface area contributed by atoms with Crippen LogP contribution < -0.4 is 0 Å². The fourth-order valence-electron chi connectivity index (χ4n) is 1.52. The third kappa shape index (κ3) is 1.30. The molecule has 3 heterocycles. The average molecular weight is 199 g/mol. The molecule has 0 radical (unpaired) electrons. The number of nitrogens with zero attached hydrogens (tertiary/aromatic N) is 2. The van der Waals surface area contributed by atoms with Crippen molar-refractivity contribution in [1.29, 1.82) is 0 Å². The van der Waals surface area contributed by atoms with Crippen LogP contribution in [0.2, 0.25) is 0 Å². The van der Waals surface area contributed by atoms with Crippen LogP contribution in [0, 0.1) is 6.92 Å². The van der Waals surface area contributed by atoms with Gasteiger partial charge in [-0.2, -0.15) is 0 Å². The lowest BCUT2D eigenvalue weighted by atomic mass is 10.4. The molecule has 0 bridgehead atoms. The van der Waals surface area contributed by atoms with Gasteiger partial charge in [-0.15, -0.1) is 0 Å². The number of aryl methyl sites for hydroxylation is 1. The predicted molar refractivity (Wildman–Crippen MR) is 56.3 cm³/mol. The number of aromatic amines is 1. The number of aromatic nitrogens is 3. The van der Waals surface area contributed by atoms with Crippen LogP contribution in [0.5, 0.6) is 0 Å². The number of fused-ring (bicyclic) bond motifs is 1. The number of H-pyrrole nitrogens is 1. The summed E-state index contributed by atoms with van der Waals surface area (Å²) in [4.78, 5) is 11.6. The normalized spacial score (nSPS) is 11.0. The fourth-order valence-corrected chi connectivity index (χ4v) is 1.52. The Kier molecular flexibility index (Phi) is 1.62. The van der Waals surface area contributed by atoms with E-state index in [2.05, 4.69) is 15.0 Å². The van der Waals surface area contributed by atoms with Gasteiger partial charge in [0.2, 0.25) is 0 Å². The maximum atomic E-state index is 5.48. The number of imidazole rings is 1. The molecule has 3 aromatic rings. The van der Waals surface area contributed by atoms with Crippen molar-refractivity contribution < 1.29 is 4.42 Å². The van der Waals surface area contributed by atoms with E-state index in [9.17, 15) is 0 Å². The highest BCUT2D eigenvalue weighted by atomic mass is 16.3. The van der Waals surface area contributed by atoms with Gasteiger partial charge >= 0.3 is 0 Å². The zero-order chi connectivity index (χ0) is 10.3. The van der Waals surface area contributed by atoms with Crippen molar-refractivity contribution in [1.82, 2.24) is 15.0 Å². The predicted octanol–water partition coefficient (Wildman–Crippen LogP) is 2.53. The highest BCUT2D eigenvalue weighted by Crippen LogP contribution is 2.20. The fraction of sp³-hybridized carbons (Fsp3) is 0.0909. The molecule has 0 spiro atoms. The third-order valence-corrected chi connectivity index (χ3v) is 2.23. The molecule has 0 aliphatic heterocycles. The summed E-state index contributed by atoms with van der Waals surface area (Å²) >= 11 is 0. The molecule has 3 rings (SSSR count). The Labute approximate surface area is 86.0 Å². The second-order valence-corrected chi connectivity index (χ2v) is 3.37. The van der Waals surface area contributed by atoms with Gasteiger partial charge in [-0.3, -0.25) is 0 Å². The maximum Gasteiger partial charge on any atom is 0.178 e. The Morgan fingerprint density at radius 1 is 1.27 bits per heavy atom. The van der Waals surface area contributed by atoms with Crippen molar-refractivity contribution >= 4 is 11.2 Å². The lowest BCUT2D eigenvalue weighted by molar-refractivity contribution is 0.545. The van der Waals surface area contributed by atoms with E-state index < -0.39 is 0 Å². The first-order valence-corrected chi connectivity index (χ1v) is 4.70. The minimum absolute atomic E-state index is 0.710. The molecular weight excluding hydrogens is 190 g/mol. The average Bonchev–Trinajstić information content (AvgIpc) is 2.82. The Bertz CT molecular complexity index is 576. The van der Waals surface area contributed by atoms with Gasteiger partial charge in [0.15, 0.2) is 17.2 Å². The number of rotatable bonds is 1. The summed E-state index contributed by atoms with van der Waals surface area (Å²) in [7, 11) is 0. The zero-order valence-electron chi connectivity index (χ0n) is 8.19. The molecule has 0 atom stereocenters. The van der Waals surface area contributed by atoms with Crippen LogP contribution in [0.25, 0.3) is 22.7 Å². The van der Waals surface area contributed by atoms with Crippen LogP contribution in [0.3, 0.4) is 0 Å². The first kappa shape index (κ1) is 8.23. The molecule has 0 aliphatic rings. The molecule has 0 aliphatic carbocycles. The Balaban J connectivity index is 2.19. The highest BCUT2D eigenvalue weighted by molar-refractivity contribution is 5.74. The molecule has 4 nitrogen and oxygen atoms in total. The van der Waals surface area contributed by atoms with Crippen LogP contribution >= 0.6 is 0 Å². The zero-order valence-corrected chi connectivity index (χ0v) is 8.19. The Morgan fingerprint density at radius 3 is 2.93 bits per heavy atom. The largest absolute Gasteiger partial charge is 0.458 e. The van der Waals surface area contributed by atoms with Gasteiger partial charge in [0.05, 0.1) is 5.52 Å². The topological polar surface area (TPSA) is 54.7 Å². The maximum absolute atomic E-state index is 5.48. The molecule has 0 amide bonds. The van der Waals surface area contributed by atoms with E-state index in [4.69, 9.17) is 4.42 Å². The summed E-state index contributed by atoms with van der Waals surface area (Å²) in [6.45, 7) is 1.91. The summed E-state index contributed by atoms with van der Waals surface area (Å²) in [5, 5.41) is 0. The van der Waals surface area contributed by atoms with Crippen molar-refractivity contribution in [3.8, 4) is 11.6 Å². The van der Waals surface area contributed by atoms with Crippen LogP contribution in [0.1, 0.15) is 5.76 Å². The molecule has 0 fully saturated rings. The summed E-state index contributed by atoms with van der Waals surface area (Å²) in [5.74, 6) is 2.33. The van der Waals surface area contributed by atoms with Gasteiger partial charge in [-0.05, 0) is 31.2 Å². The molecule has 1 N–H and O–H groups in total. The third-order valence-electron chi connectivity index (χ3n) is 2.23. The first-order valence-electron chi connectivity index (χ1n) is 4.70. The lowest BCUT2D eigenvalue weighted by Gasteiger charge is -1.87. The van der Waals surface area contributed by atoms with Gasteiger partial charge in [0, 0.05) is 6.20 Å². The summed E-state index contributed by atoms with van der Waals surface area (Å²) in [6, 6.07) is 7.62. The molecule has 4 heteroatoms. The van der Waals surface area contributed by atoms with Gasteiger partial charge in [0.1, 0.15) is 5.76 Å². The number of nitrogens with one attached hydrogen (secondary N) is 1. The minimum atomic E-state index is 0.710. The van der Waals surface area contributed by atoms with E-state index in [-0.39, 0.29) is 0 Å². The van der Waals surface area contributed by atoms with E-state index in [1.807, 2.05) is 31.2 Å². The number of hydrogen-bond acceptors (Lipinski definition) is 3. The van der Waals surface area contributed by atoms with Crippen molar-refractivity contribution in [2.24, 2.45) is 0 Å². The lowest BCUT2D eigenvalue weighted by Crippen LogP contribution is -1.75. The Hall–Kier alpha value is -2.10. The van der Waals surface area contributed by atoms with E-state index in [0.29, 0.717) is 5.65 Å². The van der Waals surface area contributed by atoms with Gasteiger partial charge in [-0.1, -0.05) is 0 Å². The monoisotopic (exact) mass is 199 g/mol. The Morgan fingerprint density at radius 2 is 2.20 bits per heavy atom. The molecular formula is C11H9N3O. The van der Waals surface area contributed by atoms with Crippen molar-refractivity contribution in [2.75, 3.05) is 0 Å². The van der Waals surface area contributed by atoms with Crippen molar-refractivity contribution in [3.05, 3.63) is 36.2 Å². The SMILES string of the molecule is Cc1ccc(-c2nc3ncccc3[nH]2)o1. The van der Waals surface area contributed by atoms with E-state index in [1.54, 1.807) is 6.20 Å². The highest BCUT2D eigenvalue weighted by Gasteiger charge is 2.08. The van der Waals surface area contributed by atoms with Crippen LogP contribution in [0.4, 0.5) is 0 Å². The molecule has 74 valence electrons. The number of pyridine rings is 1. The molecule has 0 saturated carbocycles. The van der Waals surface area contributed by atoms with Crippen LogP contribution in [-0.4, -0.2) is 15.0 Å². The van der Waals surface area contributed by atoms with Crippen molar-refractivity contribution in [3.63, 3.8) is 0 Å². The summed E-state index contributed by atoms with van der Waals surface area (Å²) in [6.07, 6.45) is 1.72. The standard InChI is InChI=1S/C11H9N3O/c1-7-4-5-9(15-7)11-13-8-3-2-6-12-10(8)14-11/h2-6H,1H3,(H,12,13,14). The van der Waals surface area contributed by atoms with Gasteiger partial charge in [-0.25, -0.2) is 9.97 Å². The van der Waals surface area contributed by atoms with Crippen LogP contribution in [-0.2, 0) is 0 Å². The summed E-state index contributed by atoms with van der Waals surface area (Å²) < 4.78 is 5.48. The van der Waals surface area contributed by atoms with Gasteiger partial charge in [0.25, 0.3) is 0 Å². The minimum Gasteiger partial charge on any atom is -0.458 e. The molecule has 0 aromatic carbocycles. The van der Waals surface area contributed by atoms with Gasteiger partial charge < -0.3 is 9.40 Å².